The Labute approximate surface area is 153 Å². The molecule has 26 heavy (non-hydrogen) atoms. The van der Waals surface area contributed by atoms with Gasteiger partial charge in [0.05, 0.1) is 23.3 Å². The Morgan fingerprint density at radius 3 is 1.38 bits per heavy atom. The second-order valence-electron chi connectivity index (χ2n) is 7.09. The topological polar surface area (TPSA) is 77.7 Å². The third-order valence-corrected chi connectivity index (χ3v) is 5.64. The van der Waals surface area contributed by atoms with Crippen LogP contribution in [0.2, 0.25) is 0 Å². The van der Waals surface area contributed by atoms with Gasteiger partial charge in [-0.1, -0.05) is 13.8 Å². The summed E-state index contributed by atoms with van der Waals surface area (Å²) < 4.78 is 21.7. The predicted octanol–water partition coefficient (Wildman–Crippen LogP) is 3.14. The standard InChI is InChI=1S/C20H26O6/c1-5-19(13(3)25-19)11-23-17(21)15-7-9-16(10-8-15)18(22)24-12-20(6-2)14(4)26-20/h7-10,13-14H,5-6,11-12H2,1-4H3. The minimum Gasteiger partial charge on any atom is -0.459 e. The molecule has 2 saturated heterocycles. The zero-order chi connectivity index (χ0) is 18.9. The van der Waals surface area contributed by atoms with Crippen LogP contribution in [0.25, 0.3) is 0 Å². The molecule has 4 unspecified atom stereocenters. The molecule has 6 nitrogen and oxygen atoms in total. The van der Waals surface area contributed by atoms with E-state index in [1.807, 2.05) is 27.7 Å². The van der Waals surface area contributed by atoms with Gasteiger partial charge in [-0.3, -0.25) is 0 Å². The monoisotopic (exact) mass is 362 g/mol. The second kappa shape index (κ2) is 7.00. The van der Waals surface area contributed by atoms with Crippen molar-refractivity contribution in [1.82, 2.24) is 0 Å². The molecule has 0 N–H and O–H groups in total. The van der Waals surface area contributed by atoms with Gasteiger partial charge in [-0.05, 0) is 51.0 Å². The van der Waals surface area contributed by atoms with E-state index < -0.39 is 11.9 Å². The van der Waals surface area contributed by atoms with Crippen LogP contribution in [0.3, 0.4) is 0 Å². The van der Waals surface area contributed by atoms with Crippen LogP contribution >= 0.6 is 0 Å². The minimum absolute atomic E-state index is 0.113. The van der Waals surface area contributed by atoms with Crippen LogP contribution < -0.4 is 0 Å². The van der Waals surface area contributed by atoms with E-state index in [1.165, 1.54) is 0 Å². The maximum Gasteiger partial charge on any atom is 0.338 e. The molecule has 0 saturated carbocycles. The first kappa shape index (κ1) is 18.9. The maximum absolute atomic E-state index is 12.2. The van der Waals surface area contributed by atoms with Crippen LogP contribution in [0.4, 0.5) is 0 Å². The molecule has 0 amide bonds. The number of ether oxygens (including phenoxy) is 4. The summed E-state index contributed by atoms with van der Waals surface area (Å²) in [7, 11) is 0. The number of esters is 2. The van der Waals surface area contributed by atoms with Crippen molar-refractivity contribution >= 4 is 11.9 Å². The van der Waals surface area contributed by atoms with E-state index in [0.717, 1.165) is 12.8 Å². The average molecular weight is 362 g/mol. The molecule has 2 fully saturated rings. The molecule has 0 aromatic heterocycles. The summed E-state index contributed by atoms with van der Waals surface area (Å²) in [5, 5.41) is 0. The Kier molecular flexibility index (Phi) is 5.08. The van der Waals surface area contributed by atoms with Crippen LogP contribution in [0.15, 0.2) is 24.3 Å². The van der Waals surface area contributed by atoms with Crippen LogP contribution in [-0.2, 0) is 18.9 Å². The van der Waals surface area contributed by atoms with Gasteiger partial charge < -0.3 is 18.9 Å². The lowest BCUT2D eigenvalue weighted by Gasteiger charge is -2.12. The number of hydrogen-bond acceptors (Lipinski definition) is 6. The summed E-state index contributed by atoms with van der Waals surface area (Å²) in [4.78, 5) is 24.3. The van der Waals surface area contributed by atoms with Crippen LogP contribution in [0.5, 0.6) is 0 Å². The lowest BCUT2D eigenvalue weighted by molar-refractivity contribution is 0.0378. The number of epoxide rings is 2. The van der Waals surface area contributed by atoms with E-state index >= 15 is 0 Å². The van der Waals surface area contributed by atoms with Crippen molar-refractivity contribution in [2.75, 3.05) is 13.2 Å². The minimum atomic E-state index is -0.425. The summed E-state index contributed by atoms with van der Waals surface area (Å²) in [6.45, 7) is 8.43. The molecule has 2 heterocycles. The van der Waals surface area contributed by atoms with Crippen LogP contribution in [-0.4, -0.2) is 48.6 Å². The lowest BCUT2D eigenvalue weighted by atomic mass is 10.0. The second-order valence-corrected chi connectivity index (χ2v) is 7.09. The lowest BCUT2D eigenvalue weighted by Crippen LogP contribution is -2.24. The molecule has 6 heteroatoms. The van der Waals surface area contributed by atoms with Crippen LogP contribution in [0.1, 0.15) is 61.3 Å². The van der Waals surface area contributed by atoms with Crippen molar-refractivity contribution in [1.29, 1.82) is 0 Å². The Balaban J connectivity index is 1.51. The van der Waals surface area contributed by atoms with Gasteiger partial charge in [-0.2, -0.15) is 0 Å². The van der Waals surface area contributed by atoms with E-state index in [4.69, 9.17) is 18.9 Å². The van der Waals surface area contributed by atoms with Crippen molar-refractivity contribution in [2.24, 2.45) is 0 Å². The number of carbonyl (C=O) groups is 2. The molecule has 0 spiro atoms. The van der Waals surface area contributed by atoms with Crippen molar-refractivity contribution in [3.63, 3.8) is 0 Å². The summed E-state index contributed by atoms with van der Waals surface area (Å²) in [6, 6.07) is 6.28. The molecule has 0 aliphatic carbocycles. The highest BCUT2D eigenvalue weighted by molar-refractivity contribution is 5.93. The first-order valence-electron chi connectivity index (χ1n) is 9.16. The predicted molar refractivity (Wildman–Crippen MR) is 94.1 cm³/mol. The van der Waals surface area contributed by atoms with E-state index in [9.17, 15) is 9.59 Å². The molecule has 1 aromatic rings. The van der Waals surface area contributed by atoms with Gasteiger partial charge in [0.2, 0.25) is 0 Å². The number of carbonyl (C=O) groups excluding carboxylic acids is 2. The van der Waals surface area contributed by atoms with Gasteiger partial charge >= 0.3 is 11.9 Å². The van der Waals surface area contributed by atoms with Gasteiger partial charge in [-0.25, -0.2) is 9.59 Å². The van der Waals surface area contributed by atoms with Crippen molar-refractivity contribution < 1.29 is 28.5 Å². The Bertz CT molecular complexity index is 617. The Hall–Kier alpha value is -1.92. The normalized spacial score (nSPS) is 32.0. The highest BCUT2D eigenvalue weighted by Gasteiger charge is 2.53. The molecule has 2 aliphatic heterocycles. The molecule has 3 rings (SSSR count). The fraction of sp³-hybridized carbons (Fsp3) is 0.600. The molecule has 4 atom stereocenters. The average Bonchev–Trinajstić information content (AvgIpc) is 3.53. The number of rotatable bonds is 8. The summed E-state index contributed by atoms with van der Waals surface area (Å²) in [5.41, 5.74) is 0.114. The molecular formula is C20H26O6. The smallest absolute Gasteiger partial charge is 0.338 e. The Morgan fingerprint density at radius 2 is 1.15 bits per heavy atom. The third kappa shape index (κ3) is 3.62. The molecule has 0 radical (unpaired) electrons. The summed E-state index contributed by atoms with van der Waals surface area (Å²) in [5.74, 6) is -0.851. The van der Waals surface area contributed by atoms with E-state index in [0.29, 0.717) is 11.1 Å². The largest absolute Gasteiger partial charge is 0.459 e. The van der Waals surface area contributed by atoms with Gasteiger partial charge in [0, 0.05) is 0 Å². The van der Waals surface area contributed by atoms with Gasteiger partial charge in [0.1, 0.15) is 24.4 Å². The fourth-order valence-corrected chi connectivity index (χ4v) is 3.17. The first-order valence-corrected chi connectivity index (χ1v) is 9.16. The molecule has 0 bridgehead atoms. The zero-order valence-electron chi connectivity index (χ0n) is 15.7. The zero-order valence-corrected chi connectivity index (χ0v) is 15.7. The van der Waals surface area contributed by atoms with E-state index in [1.54, 1.807) is 24.3 Å². The molecular weight excluding hydrogens is 336 g/mol. The summed E-state index contributed by atoms with van der Waals surface area (Å²) >= 11 is 0. The van der Waals surface area contributed by atoms with Crippen LogP contribution in [0, 0.1) is 0 Å². The van der Waals surface area contributed by atoms with Gasteiger partial charge in [0.25, 0.3) is 0 Å². The van der Waals surface area contributed by atoms with E-state index in [2.05, 4.69) is 0 Å². The van der Waals surface area contributed by atoms with Crippen molar-refractivity contribution in [2.45, 2.75) is 63.9 Å². The molecule has 2 aliphatic rings. The number of benzene rings is 1. The SMILES string of the molecule is CCC1(COC(=O)c2ccc(C(=O)OCC3(CC)OC3C)cc2)OC1C. The third-order valence-electron chi connectivity index (χ3n) is 5.64. The molecule has 1 aromatic carbocycles. The molecule has 142 valence electrons. The quantitative estimate of drug-likeness (QED) is 0.522. The summed E-state index contributed by atoms with van der Waals surface area (Å²) in [6.07, 6.45) is 1.82. The van der Waals surface area contributed by atoms with Gasteiger partial charge in [-0.15, -0.1) is 0 Å². The maximum atomic E-state index is 12.2. The Morgan fingerprint density at radius 1 is 0.846 bits per heavy atom. The fourth-order valence-electron chi connectivity index (χ4n) is 3.17. The number of hydrogen-bond donors (Lipinski definition) is 0. The van der Waals surface area contributed by atoms with Gasteiger partial charge in [0.15, 0.2) is 0 Å². The highest BCUT2D eigenvalue weighted by Crippen LogP contribution is 2.40. The van der Waals surface area contributed by atoms with E-state index in [-0.39, 0.29) is 36.6 Å². The highest BCUT2D eigenvalue weighted by atomic mass is 16.6. The van der Waals surface area contributed by atoms with Crippen molar-refractivity contribution in [3.8, 4) is 0 Å². The first-order chi connectivity index (χ1) is 12.4. The van der Waals surface area contributed by atoms with Crippen molar-refractivity contribution in [3.05, 3.63) is 35.4 Å².